The molecule has 4 rings (SSSR count). The quantitative estimate of drug-likeness (QED) is 0.675. The fraction of sp³-hybridized carbons (Fsp3) is 0.400. The van der Waals surface area contributed by atoms with Crippen LogP contribution < -0.4 is 4.90 Å². The zero-order valence-corrected chi connectivity index (χ0v) is 16.9. The van der Waals surface area contributed by atoms with Crippen LogP contribution in [-0.2, 0) is 11.8 Å². The van der Waals surface area contributed by atoms with Crippen LogP contribution in [0.25, 0.3) is 22.6 Å². The third kappa shape index (κ3) is 3.42. The second kappa shape index (κ2) is 7.75. The van der Waals surface area contributed by atoms with Gasteiger partial charge < -0.3 is 14.4 Å². The standard InChI is InChI=1S/C20H23ClN6O/c1-3-6-17(28)26-9-11-27(12-10-26)20-22-13-14(21)18(24-20)19-23-15-7-4-5-8-16(15)25(19)2/h4-5,7-8,13H,3,6,9-12H2,1-2H3. The van der Waals surface area contributed by atoms with E-state index in [1.165, 1.54) is 0 Å². The molecular formula is C20H23ClN6O. The number of imidazole rings is 1. The summed E-state index contributed by atoms with van der Waals surface area (Å²) in [6.45, 7) is 4.81. The van der Waals surface area contributed by atoms with E-state index < -0.39 is 0 Å². The van der Waals surface area contributed by atoms with Crippen LogP contribution in [0.2, 0.25) is 5.02 Å². The third-order valence-electron chi connectivity index (χ3n) is 5.11. The summed E-state index contributed by atoms with van der Waals surface area (Å²) in [6.07, 6.45) is 3.11. The first-order valence-electron chi connectivity index (χ1n) is 9.55. The van der Waals surface area contributed by atoms with E-state index in [4.69, 9.17) is 21.6 Å². The van der Waals surface area contributed by atoms with Gasteiger partial charge in [-0.25, -0.2) is 15.0 Å². The van der Waals surface area contributed by atoms with Gasteiger partial charge in [-0.1, -0.05) is 30.7 Å². The number of rotatable bonds is 4. The number of benzene rings is 1. The third-order valence-corrected chi connectivity index (χ3v) is 5.39. The maximum absolute atomic E-state index is 12.1. The molecule has 1 aliphatic heterocycles. The van der Waals surface area contributed by atoms with Gasteiger partial charge in [0.1, 0.15) is 5.69 Å². The number of nitrogens with zero attached hydrogens (tertiary/aromatic N) is 6. The number of fused-ring (bicyclic) bond motifs is 1. The largest absolute Gasteiger partial charge is 0.339 e. The van der Waals surface area contributed by atoms with Crippen molar-refractivity contribution in [3.05, 3.63) is 35.5 Å². The number of piperazine rings is 1. The molecule has 7 nitrogen and oxygen atoms in total. The minimum Gasteiger partial charge on any atom is -0.339 e. The van der Waals surface area contributed by atoms with Crippen molar-refractivity contribution in [1.82, 2.24) is 24.4 Å². The first-order valence-corrected chi connectivity index (χ1v) is 9.93. The second-order valence-corrected chi connectivity index (χ2v) is 7.37. The Morgan fingerprint density at radius 1 is 1.14 bits per heavy atom. The second-order valence-electron chi connectivity index (χ2n) is 6.97. The lowest BCUT2D eigenvalue weighted by molar-refractivity contribution is -0.131. The summed E-state index contributed by atoms with van der Waals surface area (Å²) in [7, 11) is 1.96. The number of hydrogen-bond donors (Lipinski definition) is 0. The van der Waals surface area contributed by atoms with E-state index in [2.05, 4.69) is 9.88 Å². The Morgan fingerprint density at radius 3 is 2.61 bits per heavy atom. The predicted molar refractivity (Wildman–Crippen MR) is 110 cm³/mol. The maximum Gasteiger partial charge on any atom is 0.226 e. The number of anilines is 1. The van der Waals surface area contributed by atoms with Crippen molar-refractivity contribution in [3.63, 3.8) is 0 Å². The van der Waals surface area contributed by atoms with Crippen LogP contribution in [0.1, 0.15) is 19.8 Å². The monoisotopic (exact) mass is 398 g/mol. The van der Waals surface area contributed by atoms with Crippen molar-refractivity contribution < 1.29 is 4.79 Å². The highest BCUT2D eigenvalue weighted by Gasteiger charge is 2.23. The lowest BCUT2D eigenvalue weighted by Crippen LogP contribution is -2.49. The number of amides is 1. The predicted octanol–water partition coefficient (Wildman–Crippen LogP) is 3.13. The molecule has 1 aromatic carbocycles. The average Bonchev–Trinajstić information content (AvgIpc) is 3.05. The molecule has 1 aliphatic rings. The Morgan fingerprint density at radius 2 is 1.89 bits per heavy atom. The molecule has 8 heteroatoms. The summed E-state index contributed by atoms with van der Waals surface area (Å²) < 4.78 is 1.99. The summed E-state index contributed by atoms with van der Waals surface area (Å²) in [6, 6.07) is 7.95. The SMILES string of the molecule is CCCC(=O)N1CCN(c2ncc(Cl)c(-c3nc4ccccc4n3C)n2)CC1. The van der Waals surface area contributed by atoms with E-state index in [0.717, 1.165) is 17.5 Å². The molecule has 0 unspecified atom stereocenters. The minimum atomic E-state index is 0.222. The first kappa shape index (κ1) is 18.7. The molecule has 1 amide bonds. The minimum absolute atomic E-state index is 0.222. The molecule has 0 aliphatic carbocycles. The Kier molecular flexibility index (Phi) is 5.17. The summed E-state index contributed by atoms with van der Waals surface area (Å²) in [5, 5.41) is 0.471. The van der Waals surface area contributed by atoms with Gasteiger partial charge in [0.25, 0.3) is 0 Å². The summed E-state index contributed by atoms with van der Waals surface area (Å²) in [5.41, 5.74) is 2.55. The molecule has 0 spiro atoms. The number of halogens is 1. The molecule has 0 radical (unpaired) electrons. The maximum atomic E-state index is 12.1. The van der Waals surface area contributed by atoms with E-state index in [-0.39, 0.29) is 5.91 Å². The van der Waals surface area contributed by atoms with Crippen molar-refractivity contribution in [1.29, 1.82) is 0 Å². The van der Waals surface area contributed by atoms with E-state index in [1.54, 1.807) is 6.20 Å². The number of aryl methyl sites for hydroxylation is 1. The molecule has 146 valence electrons. The highest BCUT2D eigenvalue weighted by atomic mass is 35.5. The van der Waals surface area contributed by atoms with Crippen molar-refractivity contribution in [2.45, 2.75) is 19.8 Å². The van der Waals surface area contributed by atoms with E-state index in [0.29, 0.717) is 55.1 Å². The number of carbonyl (C=O) groups is 1. The highest BCUT2D eigenvalue weighted by Crippen LogP contribution is 2.29. The topological polar surface area (TPSA) is 67.2 Å². The van der Waals surface area contributed by atoms with Crippen molar-refractivity contribution >= 4 is 34.5 Å². The Labute approximate surface area is 169 Å². The van der Waals surface area contributed by atoms with Gasteiger partial charge in [-0.2, -0.15) is 0 Å². The van der Waals surface area contributed by atoms with Gasteiger partial charge in [0, 0.05) is 39.6 Å². The molecular weight excluding hydrogens is 376 g/mol. The average molecular weight is 399 g/mol. The molecule has 0 atom stereocenters. The fourth-order valence-corrected chi connectivity index (χ4v) is 3.73. The van der Waals surface area contributed by atoms with Gasteiger partial charge in [-0.05, 0) is 18.6 Å². The Hall–Kier alpha value is -2.67. The molecule has 0 bridgehead atoms. The summed E-state index contributed by atoms with van der Waals surface area (Å²) in [4.78, 5) is 30.0. The number of hydrogen-bond acceptors (Lipinski definition) is 5. The van der Waals surface area contributed by atoms with Crippen LogP contribution in [-0.4, -0.2) is 56.5 Å². The summed E-state index contributed by atoms with van der Waals surface area (Å²) >= 11 is 6.42. The van der Waals surface area contributed by atoms with Gasteiger partial charge in [0.2, 0.25) is 11.9 Å². The van der Waals surface area contributed by atoms with Gasteiger partial charge in [-0.3, -0.25) is 4.79 Å². The Balaban J connectivity index is 1.60. The van der Waals surface area contributed by atoms with Gasteiger partial charge >= 0.3 is 0 Å². The molecule has 28 heavy (non-hydrogen) atoms. The lowest BCUT2D eigenvalue weighted by Gasteiger charge is -2.34. The van der Waals surface area contributed by atoms with E-state index in [9.17, 15) is 4.79 Å². The van der Waals surface area contributed by atoms with Crippen LogP contribution in [0.5, 0.6) is 0 Å². The van der Waals surface area contributed by atoms with Gasteiger partial charge in [0.15, 0.2) is 5.82 Å². The molecule has 0 N–H and O–H groups in total. The molecule has 2 aromatic heterocycles. The van der Waals surface area contributed by atoms with Gasteiger partial charge in [-0.15, -0.1) is 0 Å². The van der Waals surface area contributed by atoms with E-state index >= 15 is 0 Å². The molecule has 3 heterocycles. The zero-order valence-electron chi connectivity index (χ0n) is 16.1. The highest BCUT2D eigenvalue weighted by molar-refractivity contribution is 6.32. The van der Waals surface area contributed by atoms with Crippen molar-refractivity contribution in [3.8, 4) is 11.5 Å². The lowest BCUT2D eigenvalue weighted by atomic mass is 10.2. The summed E-state index contributed by atoms with van der Waals surface area (Å²) in [5.74, 6) is 1.56. The van der Waals surface area contributed by atoms with Crippen LogP contribution in [0, 0.1) is 0 Å². The fourth-order valence-electron chi connectivity index (χ4n) is 3.55. The van der Waals surface area contributed by atoms with Crippen LogP contribution >= 0.6 is 11.6 Å². The molecule has 3 aromatic rings. The van der Waals surface area contributed by atoms with Crippen molar-refractivity contribution in [2.75, 3.05) is 31.1 Å². The molecule has 1 fully saturated rings. The van der Waals surface area contributed by atoms with Crippen LogP contribution in [0.15, 0.2) is 30.5 Å². The van der Waals surface area contributed by atoms with Crippen LogP contribution in [0.4, 0.5) is 5.95 Å². The number of aromatic nitrogens is 4. The zero-order chi connectivity index (χ0) is 19.7. The smallest absolute Gasteiger partial charge is 0.226 e. The van der Waals surface area contributed by atoms with Crippen molar-refractivity contribution in [2.24, 2.45) is 7.05 Å². The Bertz CT molecular complexity index is 1010. The number of carbonyl (C=O) groups excluding carboxylic acids is 1. The normalized spacial score (nSPS) is 14.7. The van der Waals surface area contributed by atoms with Gasteiger partial charge in [0.05, 0.1) is 22.3 Å². The number of para-hydroxylation sites is 2. The van der Waals surface area contributed by atoms with Crippen LogP contribution in [0.3, 0.4) is 0 Å². The first-order chi connectivity index (χ1) is 13.6. The molecule has 1 saturated heterocycles. The molecule has 0 saturated carbocycles. The van der Waals surface area contributed by atoms with E-state index in [1.807, 2.05) is 47.7 Å².